The molecule has 0 amide bonds. The topological polar surface area (TPSA) is 61.5 Å². The maximum atomic E-state index is 12.1. The zero-order valence-corrected chi connectivity index (χ0v) is 10.4. The molecule has 0 aromatic heterocycles. The van der Waals surface area contributed by atoms with Crippen LogP contribution in [0.4, 0.5) is 0 Å². The van der Waals surface area contributed by atoms with Crippen LogP contribution in [-0.2, 0) is 13.6 Å². The monoisotopic (exact) mass is 223 g/mol. The first-order chi connectivity index (χ1) is 6.51. The molecule has 2 atom stereocenters. The Morgan fingerprint density at radius 1 is 1.21 bits per heavy atom. The SMILES string of the molecule is CCOP(=O)(OCC)[C@@H](N)[C@@H](C)CC. The molecule has 0 aliphatic carbocycles. The number of nitrogens with two attached hydrogens (primary N) is 1. The Morgan fingerprint density at radius 3 is 1.93 bits per heavy atom. The minimum absolute atomic E-state index is 0.138. The predicted molar refractivity (Wildman–Crippen MR) is 58.3 cm³/mol. The van der Waals surface area contributed by atoms with Gasteiger partial charge in [-0.25, -0.2) is 0 Å². The smallest absolute Gasteiger partial charge is 0.317 e. The largest absolute Gasteiger partial charge is 0.347 e. The van der Waals surface area contributed by atoms with Gasteiger partial charge in [-0.05, 0) is 19.8 Å². The van der Waals surface area contributed by atoms with E-state index in [1.807, 2.05) is 13.8 Å². The first kappa shape index (κ1) is 14.1. The Kier molecular flexibility index (Phi) is 6.62. The Hall–Kier alpha value is 0.110. The molecule has 0 fully saturated rings. The lowest BCUT2D eigenvalue weighted by atomic mass is 10.1. The summed E-state index contributed by atoms with van der Waals surface area (Å²) >= 11 is 0. The molecule has 0 radical (unpaired) electrons. The van der Waals surface area contributed by atoms with E-state index in [1.165, 1.54) is 0 Å². The van der Waals surface area contributed by atoms with E-state index < -0.39 is 13.4 Å². The van der Waals surface area contributed by atoms with Gasteiger partial charge in [-0.3, -0.25) is 4.57 Å². The molecule has 0 aromatic carbocycles. The van der Waals surface area contributed by atoms with Gasteiger partial charge in [0.15, 0.2) is 0 Å². The highest BCUT2D eigenvalue weighted by molar-refractivity contribution is 7.54. The van der Waals surface area contributed by atoms with Crippen LogP contribution in [0.3, 0.4) is 0 Å². The van der Waals surface area contributed by atoms with Crippen LogP contribution in [0.2, 0.25) is 0 Å². The molecule has 0 saturated carbocycles. The third kappa shape index (κ3) is 3.70. The van der Waals surface area contributed by atoms with Gasteiger partial charge in [-0.2, -0.15) is 0 Å². The standard InChI is InChI=1S/C9H22NO3P/c1-5-8(4)9(10)14(11,12-6-2)13-7-3/h8-9H,5-7,10H2,1-4H3/t8-,9+/m0/s1. The van der Waals surface area contributed by atoms with Crippen molar-refractivity contribution in [3.63, 3.8) is 0 Å². The minimum Gasteiger partial charge on any atom is -0.317 e. The third-order valence-corrected chi connectivity index (χ3v) is 4.69. The zero-order chi connectivity index (χ0) is 11.2. The van der Waals surface area contributed by atoms with Crippen molar-refractivity contribution in [2.24, 2.45) is 11.7 Å². The van der Waals surface area contributed by atoms with Gasteiger partial charge in [-0.15, -0.1) is 0 Å². The van der Waals surface area contributed by atoms with Crippen LogP contribution >= 0.6 is 7.60 Å². The fourth-order valence-electron chi connectivity index (χ4n) is 1.12. The second-order valence-corrected chi connectivity index (χ2v) is 5.44. The van der Waals surface area contributed by atoms with Crippen LogP contribution in [-0.4, -0.2) is 19.0 Å². The molecule has 5 heteroatoms. The Labute approximate surface area is 86.7 Å². The number of rotatable bonds is 7. The van der Waals surface area contributed by atoms with Crippen LogP contribution in [0.1, 0.15) is 34.1 Å². The van der Waals surface area contributed by atoms with Crippen molar-refractivity contribution in [3.05, 3.63) is 0 Å². The number of hydrogen-bond acceptors (Lipinski definition) is 4. The molecule has 0 rings (SSSR count). The van der Waals surface area contributed by atoms with Gasteiger partial charge in [0, 0.05) is 0 Å². The van der Waals surface area contributed by atoms with Crippen LogP contribution in [0, 0.1) is 5.92 Å². The second-order valence-electron chi connectivity index (χ2n) is 3.25. The molecule has 14 heavy (non-hydrogen) atoms. The highest BCUT2D eigenvalue weighted by atomic mass is 31.2. The van der Waals surface area contributed by atoms with Crippen molar-refractivity contribution in [1.29, 1.82) is 0 Å². The molecule has 2 N–H and O–H groups in total. The summed E-state index contributed by atoms with van der Waals surface area (Å²) in [5.41, 5.74) is 5.87. The summed E-state index contributed by atoms with van der Waals surface area (Å²) in [6.07, 6.45) is 0.866. The Morgan fingerprint density at radius 2 is 1.64 bits per heavy atom. The molecule has 0 aliphatic heterocycles. The second kappa shape index (κ2) is 6.57. The summed E-state index contributed by atoms with van der Waals surface area (Å²) in [6, 6.07) is 0. The lowest BCUT2D eigenvalue weighted by Crippen LogP contribution is -2.29. The Balaban J connectivity index is 4.54. The number of hydrogen-bond donors (Lipinski definition) is 1. The van der Waals surface area contributed by atoms with E-state index in [4.69, 9.17) is 14.8 Å². The maximum Gasteiger partial charge on any atom is 0.347 e. The van der Waals surface area contributed by atoms with Crippen molar-refractivity contribution in [1.82, 2.24) is 0 Å². The first-order valence-corrected chi connectivity index (χ1v) is 6.77. The molecule has 4 nitrogen and oxygen atoms in total. The average molecular weight is 223 g/mol. The normalized spacial score (nSPS) is 16.6. The van der Waals surface area contributed by atoms with Crippen molar-refractivity contribution < 1.29 is 13.6 Å². The maximum absolute atomic E-state index is 12.1. The van der Waals surface area contributed by atoms with E-state index in [9.17, 15) is 4.57 Å². The average Bonchev–Trinajstić information content (AvgIpc) is 2.16. The summed E-state index contributed by atoms with van der Waals surface area (Å²) in [7, 11) is -3.11. The van der Waals surface area contributed by atoms with E-state index in [2.05, 4.69) is 0 Å². The van der Waals surface area contributed by atoms with Crippen molar-refractivity contribution in [3.8, 4) is 0 Å². The molecular weight excluding hydrogens is 201 g/mol. The van der Waals surface area contributed by atoms with E-state index in [0.29, 0.717) is 13.2 Å². The fraction of sp³-hybridized carbons (Fsp3) is 1.00. The fourth-order valence-corrected chi connectivity index (χ4v) is 3.10. The summed E-state index contributed by atoms with van der Waals surface area (Å²) in [4.78, 5) is 0. The highest BCUT2D eigenvalue weighted by Gasteiger charge is 2.35. The summed E-state index contributed by atoms with van der Waals surface area (Å²) in [5, 5.41) is 0. The van der Waals surface area contributed by atoms with Gasteiger partial charge in [0.05, 0.1) is 13.2 Å². The van der Waals surface area contributed by atoms with E-state index >= 15 is 0 Å². The molecule has 0 heterocycles. The molecule has 0 unspecified atom stereocenters. The lowest BCUT2D eigenvalue weighted by Gasteiger charge is -2.26. The van der Waals surface area contributed by atoms with Gasteiger partial charge < -0.3 is 14.8 Å². The third-order valence-electron chi connectivity index (χ3n) is 2.21. The lowest BCUT2D eigenvalue weighted by molar-refractivity contribution is 0.204. The van der Waals surface area contributed by atoms with E-state index in [-0.39, 0.29) is 5.92 Å². The summed E-state index contributed by atoms with van der Waals surface area (Å²) in [6.45, 7) is 8.26. The first-order valence-electron chi connectivity index (χ1n) is 5.16. The highest BCUT2D eigenvalue weighted by Crippen LogP contribution is 2.53. The van der Waals surface area contributed by atoms with Crippen molar-refractivity contribution >= 4 is 7.60 Å². The zero-order valence-electron chi connectivity index (χ0n) is 9.53. The molecule has 0 saturated heterocycles. The van der Waals surface area contributed by atoms with Gasteiger partial charge >= 0.3 is 7.60 Å². The van der Waals surface area contributed by atoms with Crippen LogP contribution in [0.25, 0.3) is 0 Å². The van der Waals surface area contributed by atoms with Crippen LogP contribution in [0.5, 0.6) is 0 Å². The Bertz CT molecular complexity index is 188. The van der Waals surface area contributed by atoms with E-state index in [0.717, 1.165) is 6.42 Å². The molecule has 0 spiro atoms. The molecular formula is C9H22NO3P. The van der Waals surface area contributed by atoms with E-state index in [1.54, 1.807) is 13.8 Å². The van der Waals surface area contributed by atoms with Crippen molar-refractivity contribution in [2.75, 3.05) is 13.2 Å². The molecule has 0 aromatic rings. The van der Waals surface area contributed by atoms with Gasteiger partial charge in [0.1, 0.15) is 5.78 Å². The van der Waals surface area contributed by atoms with Gasteiger partial charge in [-0.1, -0.05) is 20.3 Å². The van der Waals surface area contributed by atoms with Crippen LogP contribution in [0.15, 0.2) is 0 Å². The molecule has 86 valence electrons. The van der Waals surface area contributed by atoms with Gasteiger partial charge in [0.25, 0.3) is 0 Å². The summed E-state index contributed by atoms with van der Waals surface area (Å²) < 4.78 is 22.5. The van der Waals surface area contributed by atoms with Crippen molar-refractivity contribution in [2.45, 2.75) is 39.9 Å². The van der Waals surface area contributed by atoms with Gasteiger partial charge in [0.2, 0.25) is 0 Å². The predicted octanol–water partition coefficient (Wildman–Crippen LogP) is 2.58. The summed E-state index contributed by atoms with van der Waals surface area (Å²) in [5.74, 6) is -0.383. The quantitative estimate of drug-likeness (QED) is 0.674. The van der Waals surface area contributed by atoms with Crippen LogP contribution < -0.4 is 5.73 Å². The molecule has 0 bridgehead atoms. The minimum atomic E-state index is -3.11. The molecule has 0 aliphatic rings.